The fourth-order valence-electron chi connectivity index (χ4n) is 4.19. The van der Waals surface area contributed by atoms with E-state index in [0.29, 0.717) is 5.02 Å². The van der Waals surface area contributed by atoms with Crippen molar-refractivity contribution >= 4 is 39.1 Å². The van der Waals surface area contributed by atoms with Gasteiger partial charge in [-0.05, 0) is 81.0 Å². The van der Waals surface area contributed by atoms with Crippen LogP contribution in [-0.4, -0.2) is 36.6 Å². The topological polar surface area (TPSA) is 50.5 Å². The summed E-state index contributed by atoms with van der Waals surface area (Å²) >= 11 is 6.28. The summed E-state index contributed by atoms with van der Waals surface area (Å²) in [5.41, 5.74) is 2.77. The van der Waals surface area contributed by atoms with Crippen molar-refractivity contribution in [3.05, 3.63) is 65.6 Å². The average Bonchev–Trinajstić information content (AvgIpc) is 3.35. The first-order valence-electron chi connectivity index (χ1n) is 11.2. The van der Waals surface area contributed by atoms with Gasteiger partial charge in [-0.1, -0.05) is 25.4 Å². The molecule has 0 spiro atoms. The molecular weight excluding hydrogens is 422 g/mol. The van der Waals surface area contributed by atoms with E-state index < -0.39 is 0 Å². The molecule has 0 amide bonds. The Balaban J connectivity index is 1.75. The van der Waals surface area contributed by atoms with E-state index in [-0.39, 0.29) is 6.04 Å². The van der Waals surface area contributed by atoms with E-state index in [1.54, 1.807) is 13.4 Å². The van der Waals surface area contributed by atoms with Gasteiger partial charge in [0.15, 0.2) is 0 Å². The molecule has 4 rings (SSSR count). The molecule has 168 valence electrons. The number of anilines is 1. The highest BCUT2D eigenvalue weighted by atomic mass is 35.5. The molecule has 0 aliphatic rings. The summed E-state index contributed by atoms with van der Waals surface area (Å²) in [7, 11) is 1.68. The highest BCUT2D eigenvalue weighted by Crippen LogP contribution is 2.37. The highest BCUT2D eigenvalue weighted by Gasteiger charge is 2.19. The number of hydrogen-bond donors (Lipinski definition) is 1. The number of nitrogens with one attached hydrogen (secondary N) is 1. The molecule has 0 radical (unpaired) electrons. The number of nitrogens with zero attached hydrogens (tertiary/aromatic N) is 2. The maximum Gasteiger partial charge on any atom is 0.125 e. The zero-order valence-electron chi connectivity index (χ0n) is 18.9. The largest absolute Gasteiger partial charge is 0.497 e. The van der Waals surface area contributed by atoms with Gasteiger partial charge in [-0.25, -0.2) is 4.98 Å². The minimum Gasteiger partial charge on any atom is -0.497 e. The number of ether oxygens (including phenoxy) is 1. The molecule has 0 bridgehead atoms. The predicted octanol–water partition coefficient (Wildman–Crippen LogP) is 6.92. The summed E-state index contributed by atoms with van der Waals surface area (Å²) in [6.07, 6.45) is 3.75. The summed E-state index contributed by atoms with van der Waals surface area (Å²) in [4.78, 5) is 7.29. The summed E-state index contributed by atoms with van der Waals surface area (Å²) in [6, 6.07) is 15.8. The lowest BCUT2D eigenvalue weighted by atomic mass is 10.0. The van der Waals surface area contributed by atoms with Gasteiger partial charge < -0.3 is 19.4 Å². The summed E-state index contributed by atoms with van der Waals surface area (Å²) in [6.45, 7) is 7.61. The Morgan fingerprint density at radius 2 is 1.91 bits per heavy atom. The van der Waals surface area contributed by atoms with Gasteiger partial charge >= 0.3 is 0 Å². The van der Waals surface area contributed by atoms with Crippen LogP contribution in [0.2, 0.25) is 5.02 Å². The van der Waals surface area contributed by atoms with Crippen LogP contribution in [0.25, 0.3) is 21.8 Å². The molecule has 1 atom stereocenters. The Morgan fingerprint density at radius 1 is 1.06 bits per heavy atom. The molecule has 0 aliphatic heterocycles. The minimum atomic E-state index is 0.0382. The van der Waals surface area contributed by atoms with Gasteiger partial charge in [-0.15, -0.1) is 0 Å². The van der Waals surface area contributed by atoms with Crippen molar-refractivity contribution in [3.8, 4) is 5.75 Å². The number of hydrogen-bond acceptors (Lipinski definition) is 5. The van der Waals surface area contributed by atoms with E-state index in [9.17, 15) is 0 Å². The normalized spacial score (nSPS) is 12.5. The van der Waals surface area contributed by atoms with E-state index in [2.05, 4.69) is 24.1 Å². The van der Waals surface area contributed by atoms with Crippen molar-refractivity contribution in [2.45, 2.75) is 32.7 Å². The van der Waals surface area contributed by atoms with Crippen molar-refractivity contribution in [1.82, 2.24) is 9.88 Å². The van der Waals surface area contributed by atoms with Crippen LogP contribution in [0.5, 0.6) is 5.75 Å². The van der Waals surface area contributed by atoms with E-state index >= 15 is 0 Å². The summed E-state index contributed by atoms with van der Waals surface area (Å²) in [5, 5.41) is 6.51. The number of benzene rings is 2. The molecule has 32 heavy (non-hydrogen) atoms. The molecule has 6 heteroatoms. The number of halogens is 1. The molecule has 1 N–H and O–H groups in total. The molecule has 1 unspecified atom stereocenters. The molecule has 2 heterocycles. The predicted molar refractivity (Wildman–Crippen MR) is 133 cm³/mol. The molecule has 4 aromatic rings. The van der Waals surface area contributed by atoms with Crippen molar-refractivity contribution in [1.29, 1.82) is 0 Å². The van der Waals surface area contributed by atoms with Crippen molar-refractivity contribution < 1.29 is 9.15 Å². The molecule has 0 aliphatic carbocycles. The Morgan fingerprint density at radius 3 is 2.62 bits per heavy atom. The molecule has 5 nitrogen and oxygen atoms in total. The second kappa shape index (κ2) is 10.2. The second-order valence-electron chi connectivity index (χ2n) is 7.91. The van der Waals surface area contributed by atoms with Gasteiger partial charge in [0.2, 0.25) is 0 Å². The van der Waals surface area contributed by atoms with Crippen LogP contribution in [0.4, 0.5) is 5.69 Å². The van der Waals surface area contributed by atoms with Crippen LogP contribution >= 0.6 is 11.6 Å². The zero-order valence-corrected chi connectivity index (χ0v) is 19.7. The lowest BCUT2D eigenvalue weighted by Crippen LogP contribution is -2.24. The average molecular weight is 452 g/mol. The van der Waals surface area contributed by atoms with Gasteiger partial charge in [0.05, 0.1) is 36.1 Å². The number of rotatable bonds is 10. The smallest absolute Gasteiger partial charge is 0.125 e. The number of furan rings is 1. The van der Waals surface area contributed by atoms with Crippen LogP contribution in [0.3, 0.4) is 0 Å². The maximum atomic E-state index is 6.28. The van der Waals surface area contributed by atoms with Crippen LogP contribution in [0, 0.1) is 0 Å². The van der Waals surface area contributed by atoms with E-state index in [4.69, 9.17) is 25.7 Å². The van der Waals surface area contributed by atoms with Gasteiger partial charge in [0.25, 0.3) is 0 Å². The fourth-order valence-corrected chi connectivity index (χ4v) is 4.35. The quantitative estimate of drug-likeness (QED) is 0.265. The first-order chi connectivity index (χ1) is 15.6. The standard InChI is InChI=1S/C26H30ClN3O2/c1-4-30(5-2)14-6-8-23(25-9-7-15-32-25)29-26-20-12-10-18(27)16-24(20)28-22-13-11-19(31-3)17-21(22)26/h7,9-13,15-17,23H,4-6,8,14H2,1-3H3,(H,28,29). The third-order valence-corrected chi connectivity index (χ3v) is 6.24. The zero-order chi connectivity index (χ0) is 22.5. The van der Waals surface area contributed by atoms with Crippen molar-refractivity contribution in [2.24, 2.45) is 0 Å². The highest BCUT2D eigenvalue weighted by molar-refractivity contribution is 6.31. The SMILES string of the molecule is CCN(CC)CCCC(Nc1c2ccc(Cl)cc2nc2ccc(OC)cc12)c1ccco1. The molecule has 2 aromatic carbocycles. The van der Waals surface area contributed by atoms with Gasteiger partial charge in [0.1, 0.15) is 11.5 Å². The van der Waals surface area contributed by atoms with Crippen LogP contribution in [0.15, 0.2) is 59.2 Å². The number of fused-ring (bicyclic) bond motifs is 2. The number of aromatic nitrogens is 1. The van der Waals surface area contributed by atoms with Crippen molar-refractivity contribution in [3.63, 3.8) is 0 Å². The fraction of sp³-hybridized carbons (Fsp3) is 0.346. The third-order valence-electron chi connectivity index (χ3n) is 6.01. The first kappa shape index (κ1) is 22.4. The van der Waals surface area contributed by atoms with Gasteiger partial charge in [-0.2, -0.15) is 0 Å². The van der Waals surface area contributed by atoms with Gasteiger partial charge in [-0.3, -0.25) is 0 Å². The van der Waals surface area contributed by atoms with Crippen LogP contribution < -0.4 is 10.1 Å². The van der Waals surface area contributed by atoms with Gasteiger partial charge in [0, 0.05) is 15.8 Å². The van der Waals surface area contributed by atoms with E-state index in [1.165, 1.54) is 0 Å². The summed E-state index contributed by atoms with van der Waals surface area (Å²) in [5.74, 6) is 1.73. The maximum absolute atomic E-state index is 6.28. The molecular formula is C26H30ClN3O2. The first-order valence-corrected chi connectivity index (χ1v) is 11.6. The lowest BCUT2D eigenvalue weighted by Gasteiger charge is -2.23. The summed E-state index contributed by atoms with van der Waals surface area (Å²) < 4.78 is 11.3. The Labute approximate surface area is 194 Å². The van der Waals surface area contributed by atoms with Crippen LogP contribution in [0.1, 0.15) is 38.5 Å². The molecule has 0 fully saturated rings. The Bertz CT molecular complexity index is 1170. The monoisotopic (exact) mass is 451 g/mol. The Hall–Kier alpha value is -2.76. The molecule has 2 aromatic heterocycles. The second-order valence-corrected chi connectivity index (χ2v) is 8.35. The number of methoxy groups -OCH3 is 1. The molecule has 0 saturated heterocycles. The third kappa shape index (κ3) is 4.84. The molecule has 0 saturated carbocycles. The lowest BCUT2D eigenvalue weighted by molar-refractivity contribution is 0.292. The van der Waals surface area contributed by atoms with Crippen LogP contribution in [-0.2, 0) is 0 Å². The van der Waals surface area contributed by atoms with Crippen molar-refractivity contribution in [2.75, 3.05) is 32.1 Å². The van der Waals surface area contributed by atoms with E-state index in [1.807, 2.05) is 48.5 Å². The van der Waals surface area contributed by atoms with E-state index in [0.717, 1.165) is 71.5 Å². The Kier molecular flexibility index (Phi) is 7.18. The minimum absolute atomic E-state index is 0.0382. The number of pyridine rings is 1.